The van der Waals surface area contributed by atoms with Gasteiger partial charge in [0, 0.05) is 62.5 Å². The number of ether oxygens (including phenoxy) is 4. The van der Waals surface area contributed by atoms with E-state index in [-0.39, 0.29) is 30.6 Å². The summed E-state index contributed by atoms with van der Waals surface area (Å²) in [5, 5.41) is 10.5. The summed E-state index contributed by atoms with van der Waals surface area (Å²) in [5.74, 6) is 1.91. The van der Waals surface area contributed by atoms with Gasteiger partial charge in [0.25, 0.3) is 5.91 Å². The predicted octanol–water partition coefficient (Wildman–Crippen LogP) is 2.70. The van der Waals surface area contributed by atoms with Crippen molar-refractivity contribution in [2.45, 2.75) is 58.0 Å². The SMILES string of the molecule is CCn1cc(CN2CC[C@@H]3Oc4ccc(c(OC)c4)CNC(=O)CCc4ccc(OC)c(c4)OCC(=O)N[C@@H]3C2)cn1. The van der Waals surface area contributed by atoms with E-state index in [1.54, 1.807) is 20.3 Å². The number of methoxy groups -OCH3 is 2. The van der Waals surface area contributed by atoms with E-state index < -0.39 is 0 Å². The predicted molar refractivity (Wildman–Crippen MR) is 156 cm³/mol. The monoisotopic (exact) mass is 577 g/mol. The lowest BCUT2D eigenvalue weighted by Crippen LogP contribution is -2.57. The third-order valence-corrected chi connectivity index (χ3v) is 7.65. The largest absolute Gasteiger partial charge is 0.496 e. The van der Waals surface area contributed by atoms with E-state index >= 15 is 0 Å². The van der Waals surface area contributed by atoms with E-state index in [1.165, 1.54) is 0 Å². The number of carbonyl (C=O) groups excluding carboxylic acids is 2. The average molecular weight is 578 g/mol. The zero-order chi connectivity index (χ0) is 29.5. The van der Waals surface area contributed by atoms with Crippen LogP contribution in [-0.4, -0.2) is 72.6 Å². The van der Waals surface area contributed by atoms with Crippen molar-refractivity contribution < 1.29 is 28.5 Å². The van der Waals surface area contributed by atoms with Crippen molar-refractivity contribution in [1.82, 2.24) is 25.3 Å². The maximum absolute atomic E-state index is 13.2. The van der Waals surface area contributed by atoms with Crippen molar-refractivity contribution in [3.8, 4) is 23.0 Å². The maximum Gasteiger partial charge on any atom is 0.258 e. The molecule has 4 bridgehead atoms. The highest BCUT2D eigenvalue weighted by atomic mass is 16.5. The number of hydrogen-bond acceptors (Lipinski definition) is 8. The second-order valence-electron chi connectivity index (χ2n) is 10.6. The summed E-state index contributed by atoms with van der Waals surface area (Å²) in [6, 6.07) is 10.8. The molecule has 4 heterocycles. The Morgan fingerprint density at radius 3 is 2.69 bits per heavy atom. The summed E-state index contributed by atoms with van der Waals surface area (Å²) in [7, 11) is 3.16. The second kappa shape index (κ2) is 13.6. The third kappa shape index (κ3) is 7.33. The number of piperidine rings is 1. The third-order valence-electron chi connectivity index (χ3n) is 7.65. The summed E-state index contributed by atoms with van der Waals surface area (Å²) in [6.07, 6.45) is 5.21. The molecular weight excluding hydrogens is 538 g/mol. The van der Waals surface area contributed by atoms with Crippen LogP contribution in [0, 0.1) is 0 Å². The summed E-state index contributed by atoms with van der Waals surface area (Å²) < 4.78 is 25.4. The standard InChI is InChI=1S/C31H39N5O6/c1-4-36-18-22(15-33-36)17-35-12-11-26-25(19-35)34-31(38)20-41-29-13-21(5-9-27(29)39-2)6-10-30(37)32-16-23-7-8-24(42-26)14-28(23)40-3/h5,7-9,13-15,18,25-26H,4,6,10-12,16-17,19-20H2,1-3H3,(H,32,37)(H,34,38)/t25-,26+/m1/s1. The molecule has 0 radical (unpaired) electrons. The minimum absolute atomic E-state index is 0.0791. The molecule has 11 heteroatoms. The Morgan fingerprint density at radius 2 is 1.90 bits per heavy atom. The average Bonchev–Trinajstić information content (AvgIpc) is 3.46. The van der Waals surface area contributed by atoms with E-state index in [0.29, 0.717) is 55.4 Å². The number of fused-ring (bicyclic) bond motifs is 9. The van der Waals surface area contributed by atoms with Gasteiger partial charge in [-0.15, -0.1) is 0 Å². The minimum atomic E-state index is -0.281. The zero-order valence-electron chi connectivity index (χ0n) is 24.4. The van der Waals surface area contributed by atoms with Gasteiger partial charge >= 0.3 is 0 Å². The maximum atomic E-state index is 13.2. The minimum Gasteiger partial charge on any atom is -0.496 e. The molecule has 2 amide bonds. The van der Waals surface area contributed by atoms with Gasteiger partial charge in [-0.3, -0.25) is 19.2 Å². The van der Waals surface area contributed by atoms with Crippen LogP contribution in [0.5, 0.6) is 23.0 Å². The molecule has 6 rings (SSSR count). The van der Waals surface area contributed by atoms with E-state index in [2.05, 4.69) is 33.8 Å². The number of aromatic nitrogens is 2. The van der Waals surface area contributed by atoms with Crippen molar-refractivity contribution in [1.29, 1.82) is 0 Å². The Labute approximate surface area is 246 Å². The smallest absolute Gasteiger partial charge is 0.258 e. The lowest BCUT2D eigenvalue weighted by molar-refractivity contribution is -0.125. The Bertz CT molecular complexity index is 1390. The number of nitrogens with one attached hydrogen (secondary N) is 2. The number of carbonyl (C=O) groups is 2. The molecule has 1 fully saturated rings. The van der Waals surface area contributed by atoms with E-state index in [9.17, 15) is 9.59 Å². The van der Waals surface area contributed by atoms with Gasteiger partial charge in [-0.1, -0.05) is 6.07 Å². The number of amides is 2. The molecule has 42 heavy (non-hydrogen) atoms. The van der Waals surface area contributed by atoms with Gasteiger partial charge in [-0.2, -0.15) is 5.10 Å². The molecule has 2 atom stereocenters. The van der Waals surface area contributed by atoms with Crippen LogP contribution in [0.3, 0.4) is 0 Å². The lowest BCUT2D eigenvalue weighted by Gasteiger charge is -2.38. The Hall–Kier alpha value is -4.25. The summed E-state index contributed by atoms with van der Waals surface area (Å²) in [6.45, 7) is 5.17. The van der Waals surface area contributed by atoms with Crippen LogP contribution in [-0.2, 0) is 35.6 Å². The molecule has 0 spiro atoms. The summed E-state index contributed by atoms with van der Waals surface area (Å²) >= 11 is 0. The molecule has 3 aromatic rings. The molecule has 0 unspecified atom stereocenters. The highest BCUT2D eigenvalue weighted by molar-refractivity contribution is 5.78. The van der Waals surface area contributed by atoms with E-state index in [4.69, 9.17) is 18.9 Å². The van der Waals surface area contributed by atoms with Gasteiger partial charge in [-0.25, -0.2) is 0 Å². The van der Waals surface area contributed by atoms with Crippen molar-refractivity contribution in [2.24, 2.45) is 0 Å². The molecule has 3 aliphatic heterocycles. The quantitative estimate of drug-likeness (QED) is 0.476. The number of benzene rings is 2. The highest BCUT2D eigenvalue weighted by Gasteiger charge is 2.32. The first-order valence-corrected chi connectivity index (χ1v) is 14.4. The van der Waals surface area contributed by atoms with Crippen LogP contribution in [0.25, 0.3) is 0 Å². The lowest BCUT2D eigenvalue weighted by atomic mass is 10.0. The topological polar surface area (TPSA) is 116 Å². The number of rotatable bonds is 5. The molecule has 2 N–H and O–H groups in total. The molecule has 3 aliphatic rings. The van der Waals surface area contributed by atoms with Crippen molar-refractivity contribution in [3.63, 3.8) is 0 Å². The van der Waals surface area contributed by atoms with Crippen LogP contribution in [0.4, 0.5) is 0 Å². The number of aryl methyl sites for hydroxylation is 2. The van der Waals surface area contributed by atoms with Crippen molar-refractivity contribution in [3.05, 3.63) is 65.5 Å². The first kappa shape index (κ1) is 29.2. The molecule has 2 aromatic carbocycles. The number of likely N-dealkylation sites (tertiary alicyclic amines) is 1. The van der Waals surface area contributed by atoms with Gasteiger partial charge < -0.3 is 29.6 Å². The normalized spacial score (nSPS) is 20.1. The fourth-order valence-corrected chi connectivity index (χ4v) is 5.38. The molecule has 0 aliphatic carbocycles. The second-order valence-corrected chi connectivity index (χ2v) is 10.6. The number of nitrogens with zero attached hydrogens (tertiary/aromatic N) is 3. The van der Waals surface area contributed by atoms with E-state index in [1.807, 2.05) is 41.2 Å². The van der Waals surface area contributed by atoms with Crippen LogP contribution < -0.4 is 29.6 Å². The van der Waals surface area contributed by atoms with Gasteiger partial charge in [0.05, 0.1) is 26.5 Å². The van der Waals surface area contributed by atoms with Crippen molar-refractivity contribution >= 4 is 11.8 Å². The first-order valence-electron chi connectivity index (χ1n) is 14.4. The van der Waals surface area contributed by atoms with Crippen LogP contribution in [0.15, 0.2) is 48.8 Å². The fraction of sp³-hybridized carbons (Fsp3) is 0.452. The molecule has 11 nitrogen and oxygen atoms in total. The van der Waals surface area contributed by atoms with Gasteiger partial charge in [-0.05, 0) is 49.6 Å². The van der Waals surface area contributed by atoms with E-state index in [0.717, 1.165) is 36.3 Å². The zero-order valence-corrected chi connectivity index (χ0v) is 24.4. The van der Waals surface area contributed by atoms with Crippen LogP contribution in [0.2, 0.25) is 0 Å². The van der Waals surface area contributed by atoms with Gasteiger partial charge in [0.1, 0.15) is 17.6 Å². The Morgan fingerprint density at radius 1 is 1.05 bits per heavy atom. The first-order chi connectivity index (χ1) is 20.4. The molecule has 224 valence electrons. The fourth-order valence-electron chi connectivity index (χ4n) is 5.38. The molecule has 1 aromatic heterocycles. The molecule has 1 saturated heterocycles. The molecular formula is C31H39N5O6. The van der Waals surface area contributed by atoms with Gasteiger partial charge in [0.2, 0.25) is 5.91 Å². The van der Waals surface area contributed by atoms with Crippen molar-refractivity contribution in [2.75, 3.05) is 33.9 Å². The number of hydrogen-bond donors (Lipinski definition) is 2. The van der Waals surface area contributed by atoms with Crippen LogP contribution in [0.1, 0.15) is 36.5 Å². The Kier molecular flexibility index (Phi) is 9.48. The summed E-state index contributed by atoms with van der Waals surface area (Å²) in [5.41, 5.74) is 2.88. The Balaban J connectivity index is 1.39. The van der Waals surface area contributed by atoms with Gasteiger partial charge in [0.15, 0.2) is 18.1 Å². The highest BCUT2D eigenvalue weighted by Crippen LogP contribution is 2.30. The summed E-state index contributed by atoms with van der Waals surface area (Å²) in [4.78, 5) is 28.1. The van der Waals surface area contributed by atoms with Crippen LogP contribution >= 0.6 is 0 Å². The molecule has 0 saturated carbocycles.